The van der Waals surface area contributed by atoms with E-state index in [9.17, 15) is 0 Å². The number of ether oxygens (including phenoxy) is 2. The Labute approximate surface area is 128 Å². The van der Waals surface area contributed by atoms with E-state index in [-0.39, 0.29) is 6.79 Å². The number of hydrogen-bond donors (Lipinski definition) is 2. The van der Waals surface area contributed by atoms with Crippen molar-refractivity contribution in [1.29, 1.82) is 0 Å². The van der Waals surface area contributed by atoms with Gasteiger partial charge in [0.05, 0.1) is 0 Å². The Morgan fingerprint density at radius 3 is 3.10 bits per heavy atom. The molecule has 1 aliphatic rings. The van der Waals surface area contributed by atoms with E-state index in [1.807, 2.05) is 35.1 Å². The molecule has 6 nitrogen and oxygen atoms in total. The van der Waals surface area contributed by atoms with Crippen LogP contribution in [0.4, 0.5) is 5.69 Å². The largest absolute Gasteiger partial charge is 0.454 e. The van der Waals surface area contributed by atoms with Crippen molar-refractivity contribution in [2.75, 3.05) is 18.7 Å². The molecule has 1 aliphatic heterocycles. The van der Waals surface area contributed by atoms with Crippen LogP contribution in [0.2, 0.25) is 0 Å². The Morgan fingerprint density at radius 2 is 2.24 bits per heavy atom. The molecule has 0 atom stereocenters. The highest BCUT2D eigenvalue weighted by Gasteiger charge is 2.13. The number of hydrogen-bond acceptors (Lipinski definition) is 4. The average molecular weight is 304 g/mol. The van der Waals surface area contributed by atoms with Crippen LogP contribution in [0.3, 0.4) is 0 Å². The fraction of sp³-hybridized carbons (Fsp3) is 0.286. The maximum Gasteiger partial charge on any atom is 0.231 e. The number of rotatable bonds is 5. The molecule has 1 aromatic carbocycles. The molecule has 0 unspecified atom stereocenters. The van der Waals surface area contributed by atoms with Crippen molar-refractivity contribution in [3.05, 3.63) is 36.7 Å². The highest BCUT2D eigenvalue weighted by molar-refractivity contribution is 7.80. The van der Waals surface area contributed by atoms with E-state index in [0.29, 0.717) is 5.11 Å². The minimum absolute atomic E-state index is 0.273. The van der Waals surface area contributed by atoms with Gasteiger partial charge in [-0.15, -0.1) is 0 Å². The zero-order valence-electron chi connectivity index (χ0n) is 11.4. The maximum atomic E-state index is 5.32. The summed E-state index contributed by atoms with van der Waals surface area (Å²) < 4.78 is 12.5. The number of aryl methyl sites for hydroxylation is 1. The van der Waals surface area contributed by atoms with E-state index in [2.05, 4.69) is 15.7 Å². The molecule has 21 heavy (non-hydrogen) atoms. The Kier molecular flexibility index (Phi) is 4.20. The van der Waals surface area contributed by atoms with Crippen LogP contribution >= 0.6 is 12.2 Å². The summed E-state index contributed by atoms with van der Waals surface area (Å²) in [6.45, 7) is 1.93. The molecule has 0 saturated carbocycles. The molecule has 2 aromatic rings. The van der Waals surface area contributed by atoms with Gasteiger partial charge in [-0.25, -0.2) is 0 Å². The Balaban J connectivity index is 1.41. The smallest absolute Gasteiger partial charge is 0.231 e. The second kappa shape index (κ2) is 6.45. The lowest BCUT2D eigenvalue weighted by molar-refractivity contribution is 0.174. The van der Waals surface area contributed by atoms with Crippen LogP contribution in [-0.4, -0.2) is 28.2 Å². The van der Waals surface area contributed by atoms with E-state index >= 15 is 0 Å². The summed E-state index contributed by atoms with van der Waals surface area (Å²) in [6, 6.07) is 7.57. The molecule has 2 N–H and O–H groups in total. The Morgan fingerprint density at radius 1 is 1.33 bits per heavy atom. The standard InChI is InChI=1S/C14H16N4O2S/c21-14(15-5-1-7-18-8-2-6-16-18)17-11-3-4-12-13(9-11)20-10-19-12/h2-4,6,8-9H,1,5,7,10H2,(H2,15,17,21). The third-order valence-corrected chi connectivity index (χ3v) is 3.29. The fourth-order valence-electron chi connectivity index (χ4n) is 2.03. The predicted molar refractivity (Wildman–Crippen MR) is 83.6 cm³/mol. The molecule has 1 aromatic heterocycles. The third kappa shape index (κ3) is 3.63. The third-order valence-electron chi connectivity index (χ3n) is 3.04. The molecule has 7 heteroatoms. The monoisotopic (exact) mass is 304 g/mol. The van der Waals surface area contributed by atoms with Gasteiger partial charge in [0.15, 0.2) is 16.6 Å². The summed E-state index contributed by atoms with van der Waals surface area (Å²) >= 11 is 5.26. The molecule has 3 rings (SSSR count). The lowest BCUT2D eigenvalue weighted by atomic mass is 10.3. The van der Waals surface area contributed by atoms with Gasteiger partial charge in [0.25, 0.3) is 0 Å². The van der Waals surface area contributed by atoms with Crippen LogP contribution in [-0.2, 0) is 6.54 Å². The summed E-state index contributed by atoms with van der Waals surface area (Å²) in [5.41, 5.74) is 0.879. The first-order valence-corrected chi connectivity index (χ1v) is 7.14. The van der Waals surface area contributed by atoms with Crippen molar-refractivity contribution in [2.24, 2.45) is 0 Å². The van der Waals surface area contributed by atoms with Gasteiger partial charge in [-0.1, -0.05) is 0 Å². The molecule has 0 bridgehead atoms. The molecule has 0 amide bonds. The SMILES string of the molecule is S=C(NCCCn1cccn1)Nc1ccc2c(c1)OCO2. The van der Waals surface area contributed by atoms with Gasteiger partial charge in [-0.05, 0) is 36.8 Å². The first-order chi connectivity index (χ1) is 10.3. The van der Waals surface area contributed by atoms with Crippen LogP contribution < -0.4 is 20.1 Å². The van der Waals surface area contributed by atoms with Crippen LogP contribution in [0.1, 0.15) is 6.42 Å². The van der Waals surface area contributed by atoms with Gasteiger partial charge in [-0.2, -0.15) is 5.10 Å². The molecule has 0 spiro atoms. The first kappa shape index (κ1) is 13.7. The van der Waals surface area contributed by atoms with Crippen LogP contribution in [0, 0.1) is 0 Å². The first-order valence-electron chi connectivity index (χ1n) is 6.73. The molecule has 0 aliphatic carbocycles. The van der Waals surface area contributed by atoms with Crippen LogP contribution in [0.15, 0.2) is 36.7 Å². The summed E-state index contributed by atoms with van der Waals surface area (Å²) in [5, 5.41) is 11.0. The summed E-state index contributed by atoms with van der Waals surface area (Å²) in [5.74, 6) is 1.50. The minimum Gasteiger partial charge on any atom is -0.454 e. The minimum atomic E-state index is 0.273. The maximum absolute atomic E-state index is 5.32. The summed E-state index contributed by atoms with van der Waals surface area (Å²) in [7, 11) is 0. The number of fused-ring (bicyclic) bond motifs is 1. The van der Waals surface area contributed by atoms with Gasteiger partial charge in [0.2, 0.25) is 6.79 Å². The van der Waals surface area contributed by atoms with Crippen LogP contribution in [0.5, 0.6) is 11.5 Å². The summed E-state index contributed by atoms with van der Waals surface area (Å²) in [4.78, 5) is 0. The molecule has 0 radical (unpaired) electrons. The number of nitrogens with one attached hydrogen (secondary N) is 2. The van der Waals surface area contributed by atoms with Crippen molar-refractivity contribution in [1.82, 2.24) is 15.1 Å². The Hall–Kier alpha value is -2.28. The van der Waals surface area contributed by atoms with Gasteiger partial charge in [0, 0.05) is 37.2 Å². The number of benzene rings is 1. The van der Waals surface area contributed by atoms with Crippen molar-refractivity contribution in [3.8, 4) is 11.5 Å². The zero-order valence-corrected chi connectivity index (χ0v) is 12.2. The van der Waals surface area contributed by atoms with E-state index in [1.54, 1.807) is 6.20 Å². The number of anilines is 1. The van der Waals surface area contributed by atoms with Crippen molar-refractivity contribution >= 4 is 23.0 Å². The van der Waals surface area contributed by atoms with Crippen molar-refractivity contribution < 1.29 is 9.47 Å². The second-order valence-electron chi connectivity index (χ2n) is 4.57. The number of nitrogens with zero attached hydrogens (tertiary/aromatic N) is 2. The van der Waals surface area contributed by atoms with E-state index in [4.69, 9.17) is 21.7 Å². The normalized spacial score (nSPS) is 12.2. The fourth-order valence-corrected chi connectivity index (χ4v) is 2.25. The zero-order chi connectivity index (χ0) is 14.5. The molecular formula is C14H16N4O2S. The molecule has 0 fully saturated rings. The average Bonchev–Trinajstić information content (AvgIpc) is 3.14. The lowest BCUT2D eigenvalue weighted by Crippen LogP contribution is -2.29. The Bertz CT molecular complexity index is 615. The summed E-state index contributed by atoms with van der Waals surface area (Å²) in [6.07, 6.45) is 4.67. The van der Waals surface area contributed by atoms with E-state index < -0.39 is 0 Å². The topological polar surface area (TPSA) is 60.3 Å². The van der Waals surface area contributed by atoms with E-state index in [1.165, 1.54) is 0 Å². The quantitative estimate of drug-likeness (QED) is 0.651. The van der Waals surface area contributed by atoms with E-state index in [0.717, 1.165) is 36.7 Å². The highest BCUT2D eigenvalue weighted by atomic mass is 32.1. The van der Waals surface area contributed by atoms with Gasteiger partial charge in [-0.3, -0.25) is 4.68 Å². The number of thiocarbonyl (C=S) groups is 1. The molecular weight excluding hydrogens is 288 g/mol. The second-order valence-corrected chi connectivity index (χ2v) is 4.98. The van der Waals surface area contributed by atoms with Crippen molar-refractivity contribution in [2.45, 2.75) is 13.0 Å². The lowest BCUT2D eigenvalue weighted by Gasteiger charge is -2.11. The van der Waals surface area contributed by atoms with Gasteiger partial charge < -0.3 is 20.1 Å². The predicted octanol–water partition coefficient (Wildman–Crippen LogP) is 1.99. The van der Waals surface area contributed by atoms with Gasteiger partial charge in [0.1, 0.15) is 0 Å². The van der Waals surface area contributed by atoms with Gasteiger partial charge >= 0.3 is 0 Å². The highest BCUT2D eigenvalue weighted by Crippen LogP contribution is 2.34. The molecule has 0 saturated heterocycles. The number of aromatic nitrogens is 2. The molecule has 110 valence electrons. The van der Waals surface area contributed by atoms with Crippen LogP contribution in [0.25, 0.3) is 0 Å². The molecule has 2 heterocycles. The van der Waals surface area contributed by atoms with Crippen molar-refractivity contribution in [3.63, 3.8) is 0 Å².